The van der Waals surface area contributed by atoms with E-state index in [1.807, 2.05) is 0 Å². The van der Waals surface area contributed by atoms with Gasteiger partial charge in [-0.2, -0.15) is 0 Å². The predicted molar refractivity (Wildman–Crippen MR) is 69.3 cm³/mol. The van der Waals surface area contributed by atoms with Crippen LogP contribution in [0.15, 0.2) is 18.2 Å². The van der Waals surface area contributed by atoms with E-state index in [4.69, 9.17) is 4.74 Å². The average Bonchev–Trinajstić information content (AvgIpc) is 2.19. The molecule has 0 aliphatic rings. The van der Waals surface area contributed by atoms with E-state index in [-0.39, 0.29) is 0 Å². The number of hydrogen-bond donors (Lipinski definition) is 0. The van der Waals surface area contributed by atoms with Gasteiger partial charge in [0.15, 0.2) is 0 Å². The average molecular weight is 221 g/mol. The van der Waals surface area contributed by atoms with E-state index in [9.17, 15) is 0 Å². The van der Waals surface area contributed by atoms with Gasteiger partial charge >= 0.3 is 0 Å². The van der Waals surface area contributed by atoms with Crippen molar-refractivity contribution < 1.29 is 4.74 Å². The number of aryl methyl sites for hydroxylation is 1. The number of benzene rings is 1. The number of hydrogen-bond acceptors (Lipinski definition) is 2. The molecule has 0 aromatic heterocycles. The summed E-state index contributed by atoms with van der Waals surface area (Å²) in [5, 5.41) is 0. The van der Waals surface area contributed by atoms with Crippen molar-refractivity contribution in [1.29, 1.82) is 0 Å². The fourth-order valence-electron chi connectivity index (χ4n) is 1.66. The lowest BCUT2D eigenvalue weighted by Gasteiger charge is -2.17. The van der Waals surface area contributed by atoms with Crippen LogP contribution in [0.25, 0.3) is 0 Å². The van der Waals surface area contributed by atoms with Crippen LogP contribution in [0.5, 0.6) is 5.75 Å². The summed E-state index contributed by atoms with van der Waals surface area (Å²) >= 11 is 0. The van der Waals surface area contributed by atoms with Crippen LogP contribution in [0, 0.1) is 6.92 Å². The van der Waals surface area contributed by atoms with Crippen LogP contribution in [0.2, 0.25) is 0 Å². The first-order chi connectivity index (χ1) is 7.52. The van der Waals surface area contributed by atoms with E-state index in [0.717, 1.165) is 18.9 Å². The Labute approximate surface area is 99.2 Å². The zero-order valence-corrected chi connectivity index (χ0v) is 11.1. The van der Waals surface area contributed by atoms with Crippen LogP contribution in [-0.2, 0) is 0 Å². The fraction of sp³-hybridized carbons (Fsp3) is 0.571. The first kappa shape index (κ1) is 13.0. The zero-order chi connectivity index (χ0) is 12.1. The molecule has 0 saturated heterocycles. The SMILES string of the molecule is Cc1cccc(C(C)C)c1OCCN(C)C. The molecule has 1 rings (SSSR count). The third-order valence-electron chi connectivity index (χ3n) is 2.65. The molecule has 1 aromatic rings. The van der Waals surface area contributed by atoms with Gasteiger partial charge in [0.2, 0.25) is 0 Å². The van der Waals surface area contributed by atoms with Crippen molar-refractivity contribution in [1.82, 2.24) is 4.90 Å². The second-order valence-corrected chi connectivity index (χ2v) is 4.80. The van der Waals surface area contributed by atoms with Gasteiger partial charge < -0.3 is 9.64 Å². The standard InChI is InChI=1S/C14H23NO/c1-11(2)13-8-6-7-12(3)14(13)16-10-9-15(4)5/h6-8,11H,9-10H2,1-5H3. The lowest BCUT2D eigenvalue weighted by atomic mass is 10.00. The highest BCUT2D eigenvalue weighted by molar-refractivity contribution is 5.42. The molecule has 0 fully saturated rings. The van der Waals surface area contributed by atoms with Gasteiger partial charge in [-0.05, 0) is 38.1 Å². The van der Waals surface area contributed by atoms with Crippen LogP contribution in [0.4, 0.5) is 0 Å². The van der Waals surface area contributed by atoms with Gasteiger partial charge in [-0.15, -0.1) is 0 Å². The highest BCUT2D eigenvalue weighted by Crippen LogP contribution is 2.29. The molecule has 1 aromatic carbocycles. The van der Waals surface area contributed by atoms with Crippen molar-refractivity contribution in [3.8, 4) is 5.75 Å². The molecule has 0 atom stereocenters. The molecule has 16 heavy (non-hydrogen) atoms. The molecular formula is C14H23NO. The Morgan fingerprint density at radius 1 is 1.25 bits per heavy atom. The third kappa shape index (κ3) is 3.53. The molecule has 2 nitrogen and oxygen atoms in total. The lowest BCUT2D eigenvalue weighted by Crippen LogP contribution is -2.20. The number of likely N-dealkylation sites (N-methyl/N-ethyl adjacent to an activating group) is 1. The molecular weight excluding hydrogens is 198 g/mol. The number of rotatable bonds is 5. The van der Waals surface area contributed by atoms with Gasteiger partial charge in [-0.1, -0.05) is 32.0 Å². The Hall–Kier alpha value is -1.02. The van der Waals surface area contributed by atoms with Gasteiger partial charge in [-0.25, -0.2) is 0 Å². The molecule has 0 unspecified atom stereocenters. The minimum atomic E-state index is 0.509. The number of para-hydroxylation sites is 1. The normalized spacial score (nSPS) is 11.2. The summed E-state index contributed by atoms with van der Waals surface area (Å²) in [5.74, 6) is 1.58. The molecule has 0 spiro atoms. The van der Waals surface area contributed by atoms with Crippen molar-refractivity contribution in [3.05, 3.63) is 29.3 Å². The van der Waals surface area contributed by atoms with Crippen molar-refractivity contribution in [3.63, 3.8) is 0 Å². The van der Waals surface area contributed by atoms with E-state index >= 15 is 0 Å². The summed E-state index contributed by atoms with van der Waals surface area (Å²) in [6, 6.07) is 6.36. The molecule has 90 valence electrons. The first-order valence-electron chi connectivity index (χ1n) is 5.89. The van der Waals surface area contributed by atoms with Gasteiger partial charge in [0.1, 0.15) is 12.4 Å². The van der Waals surface area contributed by atoms with Gasteiger partial charge in [0, 0.05) is 6.54 Å². The summed E-state index contributed by atoms with van der Waals surface area (Å²) in [6.45, 7) is 8.21. The largest absolute Gasteiger partial charge is 0.492 e. The highest BCUT2D eigenvalue weighted by atomic mass is 16.5. The first-order valence-corrected chi connectivity index (χ1v) is 5.89. The molecule has 0 aliphatic heterocycles. The smallest absolute Gasteiger partial charge is 0.125 e. The van der Waals surface area contributed by atoms with E-state index in [1.165, 1.54) is 11.1 Å². The van der Waals surface area contributed by atoms with Crippen molar-refractivity contribution in [2.24, 2.45) is 0 Å². The van der Waals surface area contributed by atoms with Gasteiger partial charge in [-0.3, -0.25) is 0 Å². The summed E-state index contributed by atoms with van der Waals surface area (Å²) in [5.41, 5.74) is 2.53. The molecule has 0 radical (unpaired) electrons. The molecule has 2 heteroatoms. The van der Waals surface area contributed by atoms with Crippen LogP contribution in [0.3, 0.4) is 0 Å². The van der Waals surface area contributed by atoms with Crippen LogP contribution in [0.1, 0.15) is 30.9 Å². The second kappa shape index (κ2) is 5.90. The summed E-state index contributed by atoms with van der Waals surface area (Å²) < 4.78 is 5.90. The Balaban J connectivity index is 2.76. The van der Waals surface area contributed by atoms with E-state index in [0.29, 0.717) is 5.92 Å². The van der Waals surface area contributed by atoms with E-state index in [1.54, 1.807) is 0 Å². The Morgan fingerprint density at radius 3 is 2.50 bits per heavy atom. The quantitative estimate of drug-likeness (QED) is 0.757. The predicted octanol–water partition coefficient (Wildman–Crippen LogP) is 3.06. The maximum Gasteiger partial charge on any atom is 0.125 e. The van der Waals surface area contributed by atoms with Gasteiger partial charge in [0.05, 0.1) is 0 Å². The fourth-order valence-corrected chi connectivity index (χ4v) is 1.66. The summed E-state index contributed by atoms with van der Waals surface area (Å²) in [7, 11) is 4.12. The van der Waals surface area contributed by atoms with Crippen molar-refractivity contribution in [2.75, 3.05) is 27.2 Å². The molecule has 0 heterocycles. The Morgan fingerprint density at radius 2 is 1.94 bits per heavy atom. The number of nitrogens with zero attached hydrogens (tertiary/aromatic N) is 1. The molecule has 0 bridgehead atoms. The van der Waals surface area contributed by atoms with Crippen LogP contribution >= 0.6 is 0 Å². The van der Waals surface area contributed by atoms with E-state index in [2.05, 4.69) is 58.0 Å². The minimum absolute atomic E-state index is 0.509. The molecule has 0 aliphatic carbocycles. The molecule has 0 N–H and O–H groups in total. The Bertz CT molecular complexity index is 332. The molecule has 0 saturated carbocycles. The van der Waals surface area contributed by atoms with Crippen LogP contribution < -0.4 is 4.74 Å². The van der Waals surface area contributed by atoms with Gasteiger partial charge in [0.25, 0.3) is 0 Å². The topological polar surface area (TPSA) is 12.5 Å². The number of ether oxygens (including phenoxy) is 1. The summed E-state index contributed by atoms with van der Waals surface area (Å²) in [6.07, 6.45) is 0. The Kier molecular flexibility index (Phi) is 4.81. The highest BCUT2D eigenvalue weighted by Gasteiger charge is 2.09. The maximum absolute atomic E-state index is 5.90. The minimum Gasteiger partial charge on any atom is -0.492 e. The zero-order valence-electron chi connectivity index (χ0n) is 11.1. The van der Waals surface area contributed by atoms with Crippen molar-refractivity contribution in [2.45, 2.75) is 26.7 Å². The second-order valence-electron chi connectivity index (χ2n) is 4.80. The maximum atomic E-state index is 5.90. The van der Waals surface area contributed by atoms with Crippen molar-refractivity contribution >= 4 is 0 Å². The van der Waals surface area contributed by atoms with Crippen LogP contribution in [-0.4, -0.2) is 32.1 Å². The monoisotopic (exact) mass is 221 g/mol. The third-order valence-corrected chi connectivity index (χ3v) is 2.65. The lowest BCUT2D eigenvalue weighted by molar-refractivity contribution is 0.257. The van der Waals surface area contributed by atoms with E-state index < -0.39 is 0 Å². The summed E-state index contributed by atoms with van der Waals surface area (Å²) in [4.78, 5) is 2.13. The molecule has 0 amide bonds.